The zero-order valence-electron chi connectivity index (χ0n) is 18.9. The predicted molar refractivity (Wildman–Crippen MR) is 127 cm³/mol. The maximum atomic E-state index is 5.48. The lowest BCUT2D eigenvalue weighted by Crippen LogP contribution is -2.24. The summed E-state index contributed by atoms with van der Waals surface area (Å²) in [6.45, 7) is 7.59. The molecule has 0 radical (unpaired) electrons. The van der Waals surface area contributed by atoms with E-state index in [1.807, 2.05) is 0 Å². The molecular weight excluding hydrogens is 376 g/mol. The van der Waals surface area contributed by atoms with Crippen LogP contribution >= 0.6 is 0 Å². The highest BCUT2D eigenvalue weighted by Gasteiger charge is 2.91. The minimum absolute atomic E-state index is 0.119. The molecule has 31 heavy (non-hydrogen) atoms. The molecule has 4 fully saturated rings. The highest BCUT2D eigenvalue weighted by molar-refractivity contribution is 5.88. The number of rotatable bonds is 4. The van der Waals surface area contributed by atoms with Gasteiger partial charge in [-0.25, -0.2) is 0 Å². The number of hydrogen-bond donors (Lipinski definition) is 0. The van der Waals surface area contributed by atoms with Gasteiger partial charge in [0.25, 0.3) is 0 Å². The van der Waals surface area contributed by atoms with Crippen molar-refractivity contribution in [3.8, 4) is 5.75 Å². The summed E-state index contributed by atoms with van der Waals surface area (Å²) in [6.07, 6.45) is 1.30. The molecule has 0 aromatic heterocycles. The van der Waals surface area contributed by atoms with Crippen molar-refractivity contribution in [3.05, 3.63) is 107 Å². The fourth-order valence-corrected chi connectivity index (χ4v) is 7.76. The molecule has 0 spiro atoms. The topological polar surface area (TPSA) is 9.23 Å². The lowest BCUT2D eigenvalue weighted by atomic mass is 9.74. The minimum atomic E-state index is 0.119. The Balaban J connectivity index is 1.68. The van der Waals surface area contributed by atoms with E-state index in [0.717, 1.165) is 5.75 Å². The van der Waals surface area contributed by atoms with Gasteiger partial charge < -0.3 is 4.74 Å². The second-order valence-corrected chi connectivity index (χ2v) is 10.3. The van der Waals surface area contributed by atoms with E-state index < -0.39 is 0 Å². The molecule has 1 nitrogen and oxygen atoms in total. The Bertz CT molecular complexity index is 1130. The Morgan fingerprint density at radius 3 is 1.77 bits per heavy atom. The molecular formula is C30H30O. The van der Waals surface area contributed by atoms with Crippen LogP contribution in [0.2, 0.25) is 0 Å². The van der Waals surface area contributed by atoms with Crippen LogP contribution in [0.3, 0.4) is 0 Å². The van der Waals surface area contributed by atoms with Gasteiger partial charge in [-0.05, 0) is 69.1 Å². The molecule has 3 aromatic carbocycles. The maximum Gasteiger partial charge on any atom is 0.118 e. The van der Waals surface area contributed by atoms with Crippen LogP contribution in [0, 0.1) is 22.7 Å². The molecule has 0 N–H and O–H groups in total. The van der Waals surface area contributed by atoms with Crippen molar-refractivity contribution in [2.24, 2.45) is 22.7 Å². The number of allylic oxidation sites excluding steroid dienone is 1. The summed E-state index contributed by atoms with van der Waals surface area (Å²) >= 11 is 0. The van der Waals surface area contributed by atoms with Crippen LogP contribution in [0.5, 0.6) is 5.75 Å². The first-order valence-electron chi connectivity index (χ1n) is 11.5. The Morgan fingerprint density at radius 2 is 1.32 bits per heavy atom. The zero-order valence-corrected chi connectivity index (χ0v) is 18.9. The first kappa shape index (κ1) is 18.9. The molecule has 0 amide bonds. The quantitative estimate of drug-likeness (QED) is 0.448. The van der Waals surface area contributed by atoms with Crippen LogP contribution in [0.15, 0.2) is 90.5 Å². The molecule has 3 aromatic rings. The summed E-state index contributed by atoms with van der Waals surface area (Å²) in [7, 11) is 1.75. The highest BCUT2D eigenvalue weighted by Crippen LogP contribution is 2.94. The SMILES string of the molecule is COc1ccc([C@@]23C(=C(c4ccccc4)c4ccccc4)[C@H]4C[C@H]2[C@@]3(C)C4(C)C)cc1. The molecule has 0 aliphatic heterocycles. The summed E-state index contributed by atoms with van der Waals surface area (Å²) in [6, 6.07) is 31.1. The fraction of sp³-hybridized carbons (Fsp3) is 0.333. The van der Waals surface area contributed by atoms with E-state index in [9.17, 15) is 0 Å². The fourth-order valence-electron chi connectivity index (χ4n) is 7.76. The normalized spacial score (nSPS) is 31.5. The van der Waals surface area contributed by atoms with E-state index in [-0.39, 0.29) is 10.8 Å². The summed E-state index contributed by atoms with van der Waals surface area (Å²) < 4.78 is 5.48. The van der Waals surface area contributed by atoms with Crippen molar-refractivity contribution in [2.45, 2.75) is 32.6 Å². The first-order chi connectivity index (χ1) is 15.0. The van der Waals surface area contributed by atoms with Crippen LogP contribution in [-0.4, -0.2) is 7.11 Å². The Morgan fingerprint density at radius 1 is 0.774 bits per heavy atom. The highest BCUT2D eigenvalue weighted by atomic mass is 16.5. The maximum absolute atomic E-state index is 5.48. The molecule has 0 heterocycles. The van der Waals surface area contributed by atoms with Gasteiger partial charge in [0.15, 0.2) is 0 Å². The molecule has 4 aliphatic rings. The van der Waals surface area contributed by atoms with Gasteiger partial charge >= 0.3 is 0 Å². The van der Waals surface area contributed by atoms with E-state index in [0.29, 0.717) is 17.3 Å². The van der Waals surface area contributed by atoms with Crippen LogP contribution in [-0.2, 0) is 5.41 Å². The van der Waals surface area contributed by atoms with Crippen molar-refractivity contribution in [1.29, 1.82) is 0 Å². The van der Waals surface area contributed by atoms with Crippen molar-refractivity contribution in [1.82, 2.24) is 0 Å². The smallest absolute Gasteiger partial charge is 0.118 e. The summed E-state index contributed by atoms with van der Waals surface area (Å²) in [5, 5.41) is 0. The van der Waals surface area contributed by atoms with Gasteiger partial charge in [-0.15, -0.1) is 0 Å². The second kappa shape index (κ2) is 6.13. The van der Waals surface area contributed by atoms with Gasteiger partial charge in [-0.2, -0.15) is 0 Å². The Kier molecular flexibility index (Phi) is 3.74. The lowest BCUT2D eigenvalue weighted by Gasteiger charge is -2.29. The van der Waals surface area contributed by atoms with Crippen molar-refractivity contribution in [2.75, 3.05) is 7.11 Å². The van der Waals surface area contributed by atoms with E-state index >= 15 is 0 Å². The molecule has 0 unspecified atom stereocenters. The van der Waals surface area contributed by atoms with Crippen molar-refractivity contribution in [3.63, 3.8) is 0 Å². The van der Waals surface area contributed by atoms with Crippen LogP contribution in [0.4, 0.5) is 0 Å². The van der Waals surface area contributed by atoms with Crippen LogP contribution < -0.4 is 4.74 Å². The first-order valence-corrected chi connectivity index (χ1v) is 11.5. The third kappa shape index (κ3) is 2.08. The van der Waals surface area contributed by atoms with Gasteiger partial charge in [0.1, 0.15) is 5.75 Å². The average molecular weight is 407 g/mol. The van der Waals surface area contributed by atoms with E-state index in [2.05, 4.69) is 106 Å². The third-order valence-electron chi connectivity index (χ3n) is 9.35. The van der Waals surface area contributed by atoms with Gasteiger partial charge in [0.05, 0.1) is 7.11 Å². The Hall–Kier alpha value is -2.80. The van der Waals surface area contributed by atoms with Gasteiger partial charge in [0.2, 0.25) is 0 Å². The van der Waals surface area contributed by atoms with Crippen LogP contribution in [0.1, 0.15) is 43.9 Å². The standard InChI is InChI=1S/C30H30O/c1-28(2)24-19-25-29(28,3)30(25,22-15-17-23(31-4)18-16-22)27(24)26(20-11-7-5-8-12-20)21-13-9-6-10-14-21/h5-18,24-25H,19H2,1-4H3/t24-,25+,29+,30+/m1/s1. The predicted octanol–water partition coefficient (Wildman–Crippen LogP) is 7.13. The van der Waals surface area contributed by atoms with Crippen molar-refractivity contribution < 1.29 is 4.74 Å². The number of hydrogen-bond acceptors (Lipinski definition) is 1. The summed E-state index contributed by atoms with van der Waals surface area (Å²) in [5.74, 6) is 2.26. The van der Waals surface area contributed by atoms with Crippen molar-refractivity contribution >= 4 is 5.57 Å². The molecule has 7 rings (SSSR count). The van der Waals surface area contributed by atoms with Gasteiger partial charge in [-0.3, -0.25) is 0 Å². The molecule has 0 saturated heterocycles. The van der Waals surface area contributed by atoms with Crippen LogP contribution in [0.25, 0.3) is 5.57 Å². The largest absolute Gasteiger partial charge is 0.497 e. The molecule has 4 bridgehead atoms. The monoisotopic (exact) mass is 406 g/mol. The number of ether oxygens (including phenoxy) is 1. The summed E-state index contributed by atoms with van der Waals surface area (Å²) in [5.41, 5.74) is 7.97. The molecule has 1 heteroatoms. The van der Waals surface area contributed by atoms with Gasteiger partial charge in [0, 0.05) is 5.41 Å². The minimum Gasteiger partial charge on any atom is -0.497 e. The average Bonchev–Trinajstić information content (AvgIpc) is 3.00. The Labute approximate surface area is 185 Å². The molecule has 4 saturated carbocycles. The van der Waals surface area contributed by atoms with E-state index in [4.69, 9.17) is 4.74 Å². The number of benzene rings is 3. The molecule has 4 atom stereocenters. The zero-order chi connectivity index (χ0) is 21.4. The van der Waals surface area contributed by atoms with E-state index in [1.54, 1.807) is 12.7 Å². The second-order valence-electron chi connectivity index (χ2n) is 10.3. The molecule has 4 aliphatic carbocycles. The summed E-state index contributed by atoms with van der Waals surface area (Å²) in [4.78, 5) is 0. The number of methoxy groups -OCH3 is 1. The van der Waals surface area contributed by atoms with Gasteiger partial charge in [-0.1, -0.05) is 93.6 Å². The third-order valence-corrected chi connectivity index (χ3v) is 9.35. The van der Waals surface area contributed by atoms with E-state index in [1.165, 1.54) is 28.7 Å². The molecule has 156 valence electrons. The lowest BCUT2D eigenvalue weighted by molar-refractivity contribution is 0.202.